The molecule has 0 amide bonds. The van der Waals surface area contributed by atoms with Crippen molar-refractivity contribution in [3.63, 3.8) is 0 Å². The molecule has 8 nitrogen and oxygen atoms in total. The molecule has 0 atom stereocenters. The number of anilines is 3. The molecule has 1 aromatic carbocycles. The van der Waals surface area contributed by atoms with Crippen LogP contribution in [0.1, 0.15) is 12.8 Å². The molecule has 3 aromatic rings. The summed E-state index contributed by atoms with van der Waals surface area (Å²) < 4.78 is 13.5. The van der Waals surface area contributed by atoms with Gasteiger partial charge in [-0.2, -0.15) is 0 Å². The number of piperidine rings is 1. The lowest BCUT2D eigenvalue weighted by atomic mass is 9.96. The number of piperazine rings is 1. The highest BCUT2D eigenvalue weighted by molar-refractivity contribution is 6.31. The van der Waals surface area contributed by atoms with Gasteiger partial charge in [0.15, 0.2) is 5.82 Å². The Hall–Kier alpha value is -2.62. The second kappa shape index (κ2) is 9.70. The van der Waals surface area contributed by atoms with Crippen LogP contribution in [0.25, 0.3) is 11.0 Å². The second-order valence-electron chi connectivity index (χ2n) is 8.91. The summed E-state index contributed by atoms with van der Waals surface area (Å²) in [7, 11) is 2.19. The first kappa shape index (κ1) is 22.2. The average molecular weight is 471 g/mol. The lowest BCUT2D eigenvalue weighted by Crippen LogP contribution is -2.47. The third-order valence-corrected chi connectivity index (χ3v) is 6.85. The predicted molar refractivity (Wildman–Crippen MR) is 129 cm³/mol. The van der Waals surface area contributed by atoms with E-state index < -0.39 is 5.82 Å². The molecule has 1 N–H and O–H groups in total. The fourth-order valence-electron chi connectivity index (χ4n) is 4.51. The first-order valence-electron chi connectivity index (χ1n) is 11.4. The summed E-state index contributed by atoms with van der Waals surface area (Å²) in [6, 6.07) is 4.46. The molecule has 2 fully saturated rings. The molecule has 5 rings (SSSR count). The van der Waals surface area contributed by atoms with Gasteiger partial charge < -0.3 is 20.0 Å². The van der Waals surface area contributed by atoms with Crippen LogP contribution in [0.2, 0.25) is 5.02 Å². The molecule has 0 saturated carbocycles. The van der Waals surface area contributed by atoms with E-state index in [2.05, 4.69) is 42.0 Å². The lowest BCUT2D eigenvalue weighted by Gasteiger charge is -2.38. The van der Waals surface area contributed by atoms with E-state index in [-0.39, 0.29) is 5.02 Å². The molecule has 0 radical (unpaired) electrons. The highest BCUT2D eigenvalue weighted by atomic mass is 35.5. The molecule has 2 aromatic heterocycles. The number of nitrogens with one attached hydrogen (secondary N) is 1. The van der Waals surface area contributed by atoms with Crippen LogP contribution in [-0.2, 0) is 0 Å². The van der Waals surface area contributed by atoms with E-state index in [9.17, 15) is 4.39 Å². The van der Waals surface area contributed by atoms with Gasteiger partial charge >= 0.3 is 0 Å². The topological polar surface area (TPSA) is 73.3 Å². The van der Waals surface area contributed by atoms with Crippen molar-refractivity contribution < 1.29 is 4.39 Å². The van der Waals surface area contributed by atoms with Crippen molar-refractivity contribution >= 4 is 40.1 Å². The quantitative estimate of drug-likeness (QED) is 0.608. The zero-order valence-electron chi connectivity index (χ0n) is 18.7. The normalized spacial score (nSPS) is 18.7. The number of hydrogen-bond donors (Lipinski definition) is 1. The minimum atomic E-state index is -0.463. The molecule has 2 saturated heterocycles. The monoisotopic (exact) mass is 470 g/mol. The summed E-state index contributed by atoms with van der Waals surface area (Å²) in [5.41, 5.74) is 1.91. The van der Waals surface area contributed by atoms with Gasteiger partial charge in [-0.3, -0.25) is 0 Å². The average Bonchev–Trinajstić information content (AvgIpc) is 2.83. The number of fused-ring (bicyclic) bond motifs is 1. The fourth-order valence-corrected chi connectivity index (χ4v) is 4.69. The fraction of sp³-hybridized carbons (Fsp3) is 0.478. The van der Waals surface area contributed by atoms with Crippen molar-refractivity contribution in [1.82, 2.24) is 29.7 Å². The van der Waals surface area contributed by atoms with Crippen LogP contribution in [0.3, 0.4) is 0 Å². The number of rotatable bonds is 5. The van der Waals surface area contributed by atoms with E-state index in [0.29, 0.717) is 34.4 Å². The molecular weight excluding hydrogens is 443 g/mol. The Morgan fingerprint density at radius 2 is 1.85 bits per heavy atom. The molecule has 10 heteroatoms. The minimum Gasteiger partial charge on any atom is -0.341 e. The van der Waals surface area contributed by atoms with E-state index in [1.54, 1.807) is 12.3 Å². The highest BCUT2D eigenvalue weighted by Crippen LogP contribution is 2.27. The van der Waals surface area contributed by atoms with E-state index in [4.69, 9.17) is 16.6 Å². The van der Waals surface area contributed by atoms with Gasteiger partial charge in [-0.05, 0) is 44.0 Å². The Morgan fingerprint density at radius 3 is 2.61 bits per heavy atom. The van der Waals surface area contributed by atoms with Gasteiger partial charge in [-0.1, -0.05) is 11.6 Å². The van der Waals surface area contributed by atoms with Crippen LogP contribution in [0.15, 0.2) is 30.7 Å². The van der Waals surface area contributed by atoms with Crippen molar-refractivity contribution in [3.05, 3.63) is 41.6 Å². The summed E-state index contributed by atoms with van der Waals surface area (Å²) in [5, 5.41) is 3.23. The van der Waals surface area contributed by atoms with Crippen LogP contribution >= 0.6 is 11.6 Å². The van der Waals surface area contributed by atoms with E-state index in [1.807, 2.05) is 0 Å². The standard InChI is InChI=1S/C23H28ClFN8/c1-31-8-10-32(11-9-31)14-16-4-6-33(7-5-16)23-26-13-20-21(30-23)22(28-15-27-20)29-17-2-3-19(25)18(24)12-17/h2-3,12-13,15-16H,4-11,14H2,1H3,(H,27,28,29). The van der Waals surface area contributed by atoms with Gasteiger partial charge in [-0.15, -0.1) is 0 Å². The third kappa shape index (κ3) is 5.15. The molecule has 0 spiro atoms. The largest absolute Gasteiger partial charge is 0.341 e. The van der Waals surface area contributed by atoms with E-state index in [1.165, 1.54) is 38.1 Å². The van der Waals surface area contributed by atoms with Crippen molar-refractivity contribution in [3.8, 4) is 0 Å². The Labute approximate surface area is 197 Å². The first-order valence-corrected chi connectivity index (χ1v) is 11.8. The molecule has 4 heterocycles. The molecular formula is C23H28ClFN8. The summed E-state index contributed by atoms with van der Waals surface area (Å²) in [6.45, 7) is 7.71. The molecule has 174 valence electrons. The SMILES string of the molecule is CN1CCN(CC2CCN(c3ncc4ncnc(Nc5ccc(F)c(Cl)c5)c4n3)CC2)CC1. The van der Waals surface area contributed by atoms with Crippen molar-refractivity contribution in [1.29, 1.82) is 0 Å². The number of likely N-dealkylation sites (N-methyl/N-ethyl adjacent to an activating group) is 1. The summed E-state index contributed by atoms with van der Waals surface area (Å²) in [4.78, 5) is 25.2. The molecule has 0 aliphatic carbocycles. The van der Waals surface area contributed by atoms with E-state index >= 15 is 0 Å². The van der Waals surface area contributed by atoms with E-state index in [0.717, 1.165) is 39.0 Å². The molecule has 0 unspecified atom stereocenters. The van der Waals surface area contributed by atoms with Gasteiger partial charge in [0.05, 0.1) is 11.2 Å². The van der Waals surface area contributed by atoms with Crippen molar-refractivity contribution in [2.75, 3.05) is 63.1 Å². The summed E-state index contributed by atoms with van der Waals surface area (Å²) in [6.07, 6.45) is 5.47. The summed E-state index contributed by atoms with van der Waals surface area (Å²) in [5.74, 6) is 1.48. The smallest absolute Gasteiger partial charge is 0.226 e. The molecule has 0 bridgehead atoms. The second-order valence-corrected chi connectivity index (χ2v) is 9.32. The third-order valence-electron chi connectivity index (χ3n) is 6.56. The number of halogens is 2. The first-order chi connectivity index (χ1) is 16.0. The van der Waals surface area contributed by atoms with Crippen LogP contribution in [0.4, 0.5) is 21.8 Å². The van der Waals surface area contributed by atoms with Gasteiger partial charge in [0.1, 0.15) is 23.2 Å². The van der Waals surface area contributed by atoms with Crippen molar-refractivity contribution in [2.24, 2.45) is 5.92 Å². The number of nitrogens with zero attached hydrogens (tertiary/aromatic N) is 7. The van der Waals surface area contributed by atoms with Gasteiger partial charge in [0, 0.05) is 51.5 Å². The number of aromatic nitrogens is 4. The maximum Gasteiger partial charge on any atom is 0.226 e. The summed E-state index contributed by atoms with van der Waals surface area (Å²) >= 11 is 5.92. The lowest BCUT2D eigenvalue weighted by molar-refractivity contribution is 0.129. The number of benzene rings is 1. The zero-order chi connectivity index (χ0) is 22.8. The molecule has 2 aliphatic rings. The minimum absolute atomic E-state index is 0.0492. The maximum absolute atomic E-state index is 13.5. The molecule has 33 heavy (non-hydrogen) atoms. The van der Waals surface area contributed by atoms with Crippen LogP contribution in [0, 0.1) is 11.7 Å². The van der Waals surface area contributed by atoms with Crippen LogP contribution in [0.5, 0.6) is 0 Å². The van der Waals surface area contributed by atoms with Crippen LogP contribution < -0.4 is 10.2 Å². The highest BCUT2D eigenvalue weighted by Gasteiger charge is 2.24. The Kier molecular flexibility index (Phi) is 6.52. The zero-order valence-corrected chi connectivity index (χ0v) is 19.5. The number of hydrogen-bond acceptors (Lipinski definition) is 8. The Bertz CT molecular complexity index is 1110. The van der Waals surface area contributed by atoms with Gasteiger partial charge in [0.2, 0.25) is 5.95 Å². The van der Waals surface area contributed by atoms with Crippen molar-refractivity contribution in [2.45, 2.75) is 12.8 Å². The van der Waals surface area contributed by atoms with Gasteiger partial charge in [-0.25, -0.2) is 24.3 Å². The maximum atomic E-state index is 13.5. The predicted octanol–water partition coefficient (Wildman–Crippen LogP) is 3.42. The van der Waals surface area contributed by atoms with Gasteiger partial charge in [0.25, 0.3) is 0 Å². The Balaban J connectivity index is 1.27. The van der Waals surface area contributed by atoms with Crippen LogP contribution in [-0.4, -0.2) is 82.6 Å². The molecule has 2 aliphatic heterocycles. The Morgan fingerprint density at radius 1 is 1.06 bits per heavy atom.